The lowest BCUT2D eigenvalue weighted by molar-refractivity contribution is -0.136. The highest BCUT2D eigenvalue weighted by atomic mass is 16.5. The molecular weight excluding hydrogens is 384 g/mol. The summed E-state index contributed by atoms with van der Waals surface area (Å²) in [5, 5.41) is 2.91. The fourth-order valence-corrected chi connectivity index (χ4v) is 3.38. The van der Waals surface area contributed by atoms with Crippen molar-refractivity contribution in [1.29, 1.82) is 0 Å². The van der Waals surface area contributed by atoms with Crippen LogP contribution < -0.4 is 10.1 Å². The van der Waals surface area contributed by atoms with E-state index >= 15 is 0 Å². The minimum absolute atomic E-state index is 0.294. The second-order valence-corrected chi connectivity index (χ2v) is 6.86. The maximum atomic E-state index is 12.7. The predicted molar refractivity (Wildman–Crippen MR) is 112 cm³/mol. The van der Waals surface area contributed by atoms with E-state index < -0.39 is 12.0 Å². The van der Waals surface area contributed by atoms with Gasteiger partial charge in [0.1, 0.15) is 12.4 Å². The quantitative estimate of drug-likeness (QED) is 0.675. The van der Waals surface area contributed by atoms with Crippen molar-refractivity contribution in [2.45, 2.75) is 19.6 Å². The molecule has 2 aromatic rings. The third-order valence-corrected chi connectivity index (χ3v) is 4.96. The standard InChI is InChI=1S/C23H26N2O5/c1-16-20(22(26)29-3)21(24-23(27)25(16)12-13-28-2)18-10-7-11-19(14-18)30-15-17-8-5-4-6-9-17/h4-11,14,21H,12-13,15H2,1-3H3,(H,24,27). The minimum Gasteiger partial charge on any atom is -0.489 e. The Morgan fingerprint density at radius 1 is 1.10 bits per heavy atom. The van der Waals surface area contributed by atoms with Crippen LogP contribution in [0.2, 0.25) is 0 Å². The molecule has 2 aromatic carbocycles. The first-order valence-corrected chi connectivity index (χ1v) is 9.68. The summed E-state index contributed by atoms with van der Waals surface area (Å²) in [4.78, 5) is 26.7. The first-order valence-electron chi connectivity index (χ1n) is 9.68. The van der Waals surface area contributed by atoms with Gasteiger partial charge in [0.05, 0.1) is 31.9 Å². The number of nitrogens with one attached hydrogen (secondary N) is 1. The lowest BCUT2D eigenvalue weighted by atomic mass is 9.94. The molecule has 0 spiro atoms. The van der Waals surface area contributed by atoms with Crippen LogP contribution in [0.3, 0.4) is 0 Å². The molecule has 0 saturated heterocycles. The summed E-state index contributed by atoms with van der Waals surface area (Å²) in [5.41, 5.74) is 2.71. The van der Waals surface area contributed by atoms with Gasteiger partial charge in [0.25, 0.3) is 0 Å². The smallest absolute Gasteiger partial charge is 0.337 e. The Kier molecular flexibility index (Phi) is 7.08. The number of ether oxygens (including phenoxy) is 3. The topological polar surface area (TPSA) is 77.1 Å². The van der Waals surface area contributed by atoms with Crippen molar-refractivity contribution in [3.63, 3.8) is 0 Å². The number of rotatable bonds is 8. The highest BCUT2D eigenvalue weighted by Crippen LogP contribution is 2.32. The third-order valence-electron chi connectivity index (χ3n) is 4.96. The second kappa shape index (κ2) is 9.93. The van der Waals surface area contributed by atoms with Crippen molar-refractivity contribution in [2.75, 3.05) is 27.4 Å². The molecule has 7 heteroatoms. The number of nitrogens with zero attached hydrogens (tertiary/aromatic N) is 1. The average molecular weight is 410 g/mol. The monoisotopic (exact) mass is 410 g/mol. The first-order chi connectivity index (χ1) is 14.5. The number of carbonyl (C=O) groups is 2. The lowest BCUT2D eigenvalue weighted by Gasteiger charge is -2.35. The van der Waals surface area contributed by atoms with E-state index in [-0.39, 0.29) is 6.03 Å². The van der Waals surface area contributed by atoms with Crippen LogP contribution in [0.25, 0.3) is 0 Å². The molecule has 0 aromatic heterocycles. The van der Waals surface area contributed by atoms with Crippen molar-refractivity contribution in [3.8, 4) is 5.75 Å². The molecule has 0 aliphatic carbocycles. The highest BCUT2D eigenvalue weighted by molar-refractivity contribution is 5.95. The zero-order valence-electron chi connectivity index (χ0n) is 17.4. The molecule has 2 amide bonds. The SMILES string of the molecule is COCCN1C(=O)NC(c2cccc(OCc3ccccc3)c2)C(C(=O)OC)=C1C. The van der Waals surface area contributed by atoms with Crippen molar-refractivity contribution in [1.82, 2.24) is 10.2 Å². The number of esters is 1. The molecule has 1 aliphatic heterocycles. The molecule has 3 rings (SSSR count). The van der Waals surface area contributed by atoms with Gasteiger partial charge in [0, 0.05) is 12.8 Å². The molecule has 7 nitrogen and oxygen atoms in total. The average Bonchev–Trinajstić information content (AvgIpc) is 2.77. The number of hydrogen-bond acceptors (Lipinski definition) is 5. The first kappa shape index (κ1) is 21.4. The zero-order valence-corrected chi connectivity index (χ0v) is 17.4. The lowest BCUT2D eigenvalue weighted by Crippen LogP contribution is -2.48. The Balaban J connectivity index is 1.88. The van der Waals surface area contributed by atoms with Gasteiger partial charge in [-0.2, -0.15) is 0 Å². The van der Waals surface area contributed by atoms with Crippen LogP contribution in [0.5, 0.6) is 5.75 Å². The van der Waals surface area contributed by atoms with Crippen molar-refractivity contribution in [3.05, 3.63) is 77.0 Å². The normalized spacial score (nSPS) is 16.3. The summed E-state index contributed by atoms with van der Waals surface area (Å²) >= 11 is 0. The molecular formula is C23H26N2O5. The van der Waals surface area contributed by atoms with Crippen molar-refractivity contribution in [2.24, 2.45) is 0 Å². The summed E-state index contributed by atoms with van der Waals surface area (Å²) < 4.78 is 16.0. The van der Waals surface area contributed by atoms with E-state index in [9.17, 15) is 9.59 Å². The molecule has 0 fully saturated rings. The van der Waals surface area contributed by atoms with Gasteiger partial charge < -0.3 is 19.5 Å². The Bertz CT molecular complexity index is 926. The van der Waals surface area contributed by atoms with E-state index in [2.05, 4.69) is 5.32 Å². The third kappa shape index (κ3) is 4.80. The highest BCUT2D eigenvalue weighted by Gasteiger charge is 2.36. The van der Waals surface area contributed by atoms with Crippen LogP contribution in [0.1, 0.15) is 24.1 Å². The van der Waals surface area contributed by atoms with Crippen LogP contribution in [0.15, 0.2) is 65.9 Å². The van der Waals surface area contributed by atoms with Crippen LogP contribution in [0, 0.1) is 0 Å². The molecule has 0 radical (unpaired) electrons. The summed E-state index contributed by atoms with van der Waals surface area (Å²) in [5.74, 6) is 0.157. The van der Waals surface area contributed by atoms with Gasteiger partial charge >= 0.3 is 12.0 Å². The number of methoxy groups -OCH3 is 2. The number of urea groups is 1. The van der Waals surface area contributed by atoms with Gasteiger partial charge in [-0.25, -0.2) is 9.59 Å². The molecule has 1 unspecified atom stereocenters. The van der Waals surface area contributed by atoms with Gasteiger partial charge in [-0.15, -0.1) is 0 Å². The fraction of sp³-hybridized carbons (Fsp3) is 0.304. The van der Waals surface area contributed by atoms with Gasteiger partial charge in [-0.1, -0.05) is 42.5 Å². The number of carbonyl (C=O) groups excluding carboxylic acids is 2. The molecule has 1 N–H and O–H groups in total. The number of benzene rings is 2. The van der Waals surface area contributed by atoms with E-state index in [0.717, 1.165) is 11.1 Å². The van der Waals surface area contributed by atoms with Gasteiger partial charge in [-0.3, -0.25) is 4.90 Å². The van der Waals surface area contributed by atoms with E-state index in [1.54, 1.807) is 14.0 Å². The Morgan fingerprint density at radius 3 is 2.57 bits per heavy atom. The molecule has 1 aliphatic rings. The molecule has 158 valence electrons. The van der Waals surface area contributed by atoms with Crippen molar-refractivity contribution < 1.29 is 23.8 Å². The molecule has 0 bridgehead atoms. The van der Waals surface area contributed by atoms with E-state index in [0.29, 0.717) is 36.8 Å². The fourth-order valence-electron chi connectivity index (χ4n) is 3.38. The number of amides is 2. The van der Waals surface area contributed by atoms with E-state index in [1.807, 2.05) is 54.6 Å². The molecule has 0 saturated carbocycles. The van der Waals surface area contributed by atoms with Crippen LogP contribution in [-0.2, 0) is 20.9 Å². The van der Waals surface area contributed by atoms with Crippen molar-refractivity contribution >= 4 is 12.0 Å². The van der Waals surface area contributed by atoms with E-state index in [1.165, 1.54) is 12.0 Å². The molecule has 1 atom stereocenters. The van der Waals surface area contributed by atoms with Gasteiger partial charge in [0.15, 0.2) is 0 Å². The number of allylic oxidation sites excluding steroid dienone is 1. The summed E-state index contributed by atoms with van der Waals surface area (Å²) in [6.07, 6.45) is 0. The summed E-state index contributed by atoms with van der Waals surface area (Å²) in [6, 6.07) is 16.3. The maximum absolute atomic E-state index is 12.7. The molecule has 30 heavy (non-hydrogen) atoms. The summed E-state index contributed by atoms with van der Waals surface area (Å²) in [7, 11) is 2.89. The molecule has 1 heterocycles. The second-order valence-electron chi connectivity index (χ2n) is 6.86. The maximum Gasteiger partial charge on any atom is 0.337 e. The summed E-state index contributed by atoms with van der Waals surface area (Å²) in [6.45, 7) is 2.85. The Morgan fingerprint density at radius 2 is 1.87 bits per heavy atom. The van der Waals surface area contributed by atoms with Gasteiger partial charge in [0.2, 0.25) is 0 Å². The van der Waals surface area contributed by atoms with Gasteiger partial charge in [-0.05, 0) is 30.2 Å². The van der Waals surface area contributed by atoms with Crippen LogP contribution in [-0.4, -0.2) is 44.3 Å². The Hall–Kier alpha value is -3.32. The zero-order chi connectivity index (χ0) is 21.5. The van der Waals surface area contributed by atoms with E-state index in [4.69, 9.17) is 14.2 Å². The predicted octanol–water partition coefficient (Wildman–Crippen LogP) is 3.43. The number of hydrogen-bond donors (Lipinski definition) is 1. The largest absolute Gasteiger partial charge is 0.489 e. The Labute approximate surface area is 176 Å². The van der Waals surface area contributed by atoms with Crippen LogP contribution >= 0.6 is 0 Å². The minimum atomic E-state index is -0.635. The van der Waals surface area contributed by atoms with Crippen LogP contribution in [0.4, 0.5) is 4.79 Å².